The van der Waals surface area contributed by atoms with Gasteiger partial charge in [-0.25, -0.2) is 0 Å². The van der Waals surface area contributed by atoms with Gasteiger partial charge in [0.25, 0.3) is 0 Å². The van der Waals surface area contributed by atoms with Gasteiger partial charge in [0.1, 0.15) is 26.4 Å². The fourth-order valence-corrected chi connectivity index (χ4v) is 8.49. The Hall–Kier alpha value is 0.870. The average molecular weight is 219 g/mol. The molecule has 0 aliphatic carbocycles. The SMILES string of the molecule is [BH3-][P+]12CN(C)[P+]([BH3-])(N(C)C1)N(C)C2. The highest BCUT2D eigenvalue weighted by molar-refractivity contribution is 8.02. The normalized spacial score (nSPS) is 48.7. The lowest BCUT2D eigenvalue weighted by Gasteiger charge is -2.61. The molecule has 0 spiro atoms. The lowest BCUT2D eigenvalue weighted by atomic mass is 10.7. The predicted octanol–water partition coefficient (Wildman–Crippen LogP) is -0.978. The Morgan fingerprint density at radius 1 is 0.846 bits per heavy atom. The summed E-state index contributed by atoms with van der Waals surface area (Å²) in [5.41, 5.74) is 0. The van der Waals surface area contributed by atoms with Crippen LogP contribution in [-0.4, -0.2) is 69.1 Å². The molecule has 0 radical (unpaired) electrons. The maximum atomic E-state index is 2.79. The van der Waals surface area contributed by atoms with Crippen LogP contribution >= 0.6 is 14.7 Å². The van der Waals surface area contributed by atoms with Crippen molar-refractivity contribution in [2.24, 2.45) is 0 Å². The second-order valence-corrected chi connectivity index (χ2v) is 8.11. The molecule has 0 saturated carbocycles. The van der Waals surface area contributed by atoms with E-state index in [9.17, 15) is 0 Å². The van der Waals surface area contributed by atoms with Crippen LogP contribution in [0, 0.1) is 0 Å². The van der Waals surface area contributed by atoms with Crippen LogP contribution in [0.1, 0.15) is 0 Å². The summed E-state index contributed by atoms with van der Waals surface area (Å²) in [6.07, 6.45) is 4.66. The van der Waals surface area contributed by atoms with Crippen LogP contribution in [0.15, 0.2) is 0 Å². The van der Waals surface area contributed by atoms with Crippen molar-refractivity contribution in [1.29, 1.82) is 0 Å². The number of nitrogens with zero attached hydrogens (tertiary/aromatic N) is 3. The van der Waals surface area contributed by atoms with E-state index >= 15 is 0 Å². The molecule has 0 N–H and O–H groups in total. The van der Waals surface area contributed by atoms with Gasteiger partial charge < -0.3 is 0 Å². The van der Waals surface area contributed by atoms with E-state index in [0.717, 1.165) is 0 Å². The first kappa shape index (κ1) is 10.4. The Labute approximate surface area is 84.4 Å². The van der Waals surface area contributed by atoms with Gasteiger partial charge in [-0.05, 0) is 0 Å². The van der Waals surface area contributed by atoms with Crippen molar-refractivity contribution in [3.05, 3.63) is 0 Å². The predicted molar refractivity (Wildman–Crippen MR) is 71.6 cm³/mol. The van der Waals surface area contributed by atoms with Gasteiger partial charge in [-0.15, -0.1) is 7.14 Å². The summed E-state index contributed by atoms with van der Waals surface area (Å²) in [4.78, 5) is 0. The zero-order chi connectivity index (χ0) is 9.85. The molecule has 0 atom stereocenters. The first-order valence-electron chi connectivity index (χ1n) is 3.84. The van der Waals surface area contributed by atoms with E-state index in [0.29, 0.717) is 15.1 Å². The number of fused-ring (bicyclic) bond motifs is 3. The third-order valence-corrected chi connectivity index (χ3v) is 7.53. The summed E-state index contributed by atoms with van der Waals surface area (Å²) < 4.78 is 8.38. The van der Waals surface area contributed by atoms with Crippen LogP contribution in [0.3, 0.4) is 0 Å². The highest BCUT2D eigenvalue weighted by atomic mass is 31.2. The Morgan fingerprint density at radius 3 is 1.46 bits per heavy atom. The molecule has 7 heteroatoms. The zero-order valence-electron chi connectivity index (χ0n) is 7.36. The van der Waals surface area contributed by atoms with Gasteiger partial charge in [0.15, 0.2) is 7.57 Å². The molecular formula is C6H21B2N3P2. The summed E-state index contributed by atoms with van der Waals surface area (Å²) in [6, 6.07) is 0. The summed E-state index contributed by atoms with van der Waals surface area (Å²) in [6.45, 7) is 0. The van der Waals surface area contributed by atoms with Gasteiger partial charge in [0.05, 0.1) is 7.59 Å². The van der Waals surface area contributed by atoms with E-state index in [4.69, 9.17) is 0 Å². The molecular weight excluding hydrogens is 198 g/mol. The maximum absolute atomic E-state index is 2.79. The molecule has 0 aromatic carbocycles. The van der Waals surface area contributed by atoms with Crippen molar-refractivity contribution in [2.45, 2.75) is 0 Å². The Balaban J connectivity index is 2.36. The lowest BCUT2D eigenvalue weighted by Crippen LogP contribution is -2.53. The smallest absolute Gasteiger partial charge is 0.162 e. The molecule has 3 heterocycles. The van der Waals surface area contributed by atoms with Crippen LogP contribution in [0.4, 0.5) is 0 Å². The fraction of sp³-hybridized carbons (Fsp3) is 1.00. The lowest BCUT2D eigenvalue weighted by molar-refractivity contribution is 0.406. The second kappa shape index (κ2) is 2.93. The Morgan fingerprint density at radius 2 is 1.15 bits per heavy atom. The van der Waals surface area contributed by atoms with Crippen molar-refractivity contribution in [3.8, 4) is 0 Å². The molecule has 3 nitrogen and oxygen atoms in total. The third-order valence-electron chi connectivity index (χ3n) is 2.13. The minimum Gasteiger partial charge on any atom is -0.162 e. The van der Waals surface area contributed by atoms with Crippen LogP contribution in [0.2, 0.25) is 0 Å². The third kappa shape index (κ3) is 1.33. The molecule has 0 aromatic rings. The molecule has 3 fully saturated rings. The van der Waals surface area contributed by atoms with Crippen LogP contribution < -0.4 is 0 Å². The van der Waals surface area contributed by atoms with Crippen molar-refractivity contribution in [1.82, 2.24) is 14.0 Å². The number of hydrogen-bond donors (Lipinski definition) is 0. The molecule has 0 amide bonds. The van der Waals surface area contributed by atoms with Crippen LogP contribution in [0.5, 0.6) is 0 Å². The summed E-state index contributed by atoms with van der Waals surface area (Å²) >= 11 is 0. The molecule has 0 unspecified atom stereocenters. The molecule has 3 rings (SSSR count). The second-order valence-electron chi connectivity index (χ2n) is 3.34. The van der Waals surface area contributed by atoms with Crippen molar-refractivity contribution in [2.75, 3.05) is 40.0 Å². The summed E-state index contributed by atoms with van der Waals surface area (Å²) in [5, 5.41) is 0. The monoisotopic (exact) mass is 219 g/mol. The van der Waals surface area contributed by atoms with E-state index in [1.807, 2.05) is 0 Å². The molecule has 76 valence electrons. The van der Waals surface area contributed by atoms with Gasteiger partial charge in [-0.2, -0.15) is 14.0 Å². The van der Waals surface area contributed by atoms with Gasteiger partial charge in [-0.3, -0.25) is 0 Å². The first-order chi connectivity index (χ1) is 5.88. The molecule has 0 aromatic heterocycles. The minimum absolute atomic E-state index is 0.394. The van der Waals surface area contributed by atoms with E-state index in [1.165, 1.54) is 0 Å². The fourth-order valence-electron chi connectivity index (χ4n) is 1.95. The van der Waals surface area contributed by atoms with Crippen LogP contribution in [0.25, 0.3) is 0 Å². The average Bonchev–Trinajstić information content (AvgIpc) is 1.96. The van der Waals surface area contributed by atoms with Crippen molar-refractivity contribution < 1.29 is 0 Å². The summed E-state index contributed by atoms with van der Waals surface area (Å²) in [5.74, 6) is 0. The topological polar surface area (TPSA) is 9.72 Å². The molecule has 2 bridgehead atoms. The summed E-state index contributed by atoms with van der Waals surface area (Å²) in [7, 11) is 7.07. The zero-order valence-corrected chi connectivity index (χ0v) is 9.15. The van der Waals surface area contributed by atoms with Crippen molar-refractivity contribution in [3.63, 3.8) is 0 Å². The number of rotatable bonds is 0. The molecule has 3 aliphatic rings. The highest BCUT2D eigenvalue weighted by Gasteiger charge is 2.57. The molecule has 13 heavy (non-hydrogen) atoms. The van der Waals surface area contributed by atoms with E-state index in [1.54, 1.807) is 18.9 Å². The molecule has 3 saturated heterocycles. The van der Waals surface area contributed by atoms with Crippen LogP contribution in [-0.2, 0) is 0 Å². The highest BCUT2D eigenvalue weighted by Crippen LogP contribution is 2.79. The Bertz CT molecular complexity index is 206. The van der Waals surface area contributed by atoms with Gasteiger partial charge in [-0.1, -0.05) is 0 Å². The number of hydrogen-bond acceptors (Lipinski definition) is 3. The quantitative estimate of drug-likeness (QED) is 0.383. The van der Waals surface area contributed by atoms with E-state index in [2.05, 4.69) is 35.2 Å². The van der Waals surface area contributed by atoms with E-state index < -0.39 is 14.7 Å². The van der Waals surface area contributed by atoms with Gasteiger partial charge in [0, 0.05) is 21.1 Å². The maximum Gasteiger partial charge on any atom is 0.185 e. The Kier molecular flexibility index (Phi) is 2.34. The first-order valence-corrected chi connectivity index (χ1v) is 6.94. The van der Waals surface area contributed by atoms with Gasteiger partial charge in [0.2, 0.25) is 0 Å². The standard InChI is InChI=1S/C6H21B2N3P2/c1-9-4-12(7)5-10(2)13(9,8)11(3)6-12/h4-6H2,1-3,7-8H3. The van der Waals surface area contributed by atoms with E-state index in [-0.39, 0.29) is 0 Å². The molecule has 3 aliphatic heterocycles. The van der Waals surface area contributed by atoms with Gasteiger partial charge >= 0.3 is 0 Å². The largest absolute Gasteiger partial charge is 0.185 e. The van der Waals surface area contributed by atoms with Crippen molar-refractivity contribution >= 4 is 29.9 Å². The minimum atomic E-state index is -0.776.